The van der Waals surface area contributed by atoms with Crippen LogP contribution in [-0.4, -0.2) is 41.9 Å². The van der Waals surface area contributed by atoms with Crippen LogP contribution in [0.5, 0.6) is 0 Å². The second kappa shape index (κ2) is 9.63. The molecule has 1 aromatic carbocycles. The third-order valence-electron chi connectivity index (χ3n) is 4.03. The highest BCUT2D eigenvalue weighted by atomic mass is 16.5. The van der Waals surface area contributed by atoms with E-state index in [4.69, 9.17) is 11.2 Å². The molecule has 1 N–H and O–H groups in total. The molecule has 0 saturated carbocycles. The summed E-state index contributed by atoms with van der Waals surface area (Å²) in [6, 6.07) is 6.93. The van der Waals surface area contributed by atoms with Crippen LogP contribution in [0.3, 0.4) is 0 Å². The summed E-state index contributed by atoms with van der Waals surface area (Å²) in [5.74, 6) is 2.42. The first-order valence-electron chi connectivity index (χ1n) is 7.97. The first kappa shape index (κ1) is 18.7. The molecule has 3 heteroatoms. The van der Waals surface area contributed by atoms with Crippen molar-refractivity contribution in [2.45, 2.75) is 52.8 Å². The fourth-order valence-electron chi connectivity index (χ4n) is 2.48. The zero-order valence-electron chi connectivity index (χ0n) is 14.3. The van der Waals surface area contributed by atoms with Crippen molar-refractivity contribution in [1.82, 2.24) is 4.90 Å². The van der Waals surface area contributed by atoms with E-state index in [0.717, 1.165) is 13.0 Å². The Hall–Kier alpha value is -1.34. The van der Waals surface area contributed by atoms with Crippen LogP contribution in [0.15, 0.2) is 18.2 Å². The summed E-state index contributed by atoms with van der Waals surface area (Å²) in [5, 5.41) is 10.1. The maximum Gasteiger partial charge on any atom is 0.107 e. The maximum atomic E-state index is 10.1. The summed E-state index contributed by atoms with van der Waals surface area (Å²) >= 11 is 0. The zero-order valence-corrected chi connectivity index (χ0v) is 14.3. The first-order valence-corrected chi connectivity index (χ1v) is 7.97. The molecule has 0 spiro atoms. The second-order valence-corrected chi connectivity index (χ2v) is 5.99. The van der Waals surface area contributed by atoms with Gasteiger partial charge in [-0.3, -0.25) is 4.90 Å². The summed E-state index contributed by atoms with van der Waals surface area (Å²) in [5.41, 5.74) is 3.88. The summed E-state index contributed by atoms with van der Waals surface area (Å²) in [4.78, 5) is 2.31. The molecule has 122 valence electrons. The van der Waals surface area contributed by atoms with Crippen LogP contribution in [0.2, 0.25) is 0 Å². The first-order chi connectivity index (χ1) is 10.5. The number of hydrogen-bond acceptors (Lipinski definition) is 3. The molecule has 1 rings (SSSR count). The largest absolute Gasteiger partial charge is 0.389 e. The van der Waals surface area contributed by atoms with Gasteiger partial charge in [-0.2, -0.15) is 0 Å². The van der Waals surface area contributed by atoms with Crippen molar-refractivity contribution >= 4 is 0 Å². The molecule has 0 bridgehead atoms. The van der Waals surface area contributed by atoms with Gasteiger partial charge in [-0.05, 0) is 38.3 Å². The van der Waals surface area contributed by atoms with E-state index in [1.165, 1.54) is 16.7 Å². The monoisotopic (exact) mass is 303 g/mol. The topological polar surface area (TPSA) is 32.7 Å². The number of aryl methyl sites for hydroxylation is 2. The maximum absolute atomic E-state index is 10.1. The number of hydrogen-bond donors (Lipinski definition) is 1. The molecule has 0 aromatic heterocycles. The van der Waals surface area contributed by atoms with Crippen LogP contribution in [0.1, 0.15) is 37.0 Å². The minimum Gasteiger partial charge on any atom is -0.389 e. The van der Waals surface area contributed by atoms with E-state index in [0.29, 0.717) is 12.6 Å². The van der Waals surface area contributed by atoms with Crippen molar-refractivity contribution in [3.8, 4) is 12.3 Å². The molecule has 1 aromatic rings. The predicted octanol–water partition coefficient (Wildman–Crippen LogP) is 2.91. The lowest BCUT2D eigenvalue weighted by Crippen LogP contribution is -2.40. The van der Waals surface area contributed by atoms with Crippen molar-refractivity contribution in [3.63, 3.8) is 0 Å². The highest BCUT2D eigenvalue weighted by Crippen LogP contribution is 2.16. The molecule has 22 heavy (non-hydrogen) atoms. The number of rotatable bonds is 9. The Kier molecular flexibility index (Phi) is 8.19. The van der Waals surface area contributed by atoms with E-state index in [9.17, 15) is 5.11 Å². The fraction of sp³-hybridized carbons (Fsp3) is 0.579. The second-order valence-electron chi connectivity index (χ2n) is 5.99. The molecule has 0 radical (unpaired) electrons. The quantitative estimate of drug-likeness (QED) is 0.562. The molecule has 0 heterocycles. The van der Waals surface area contributed by atoms with Gasteiger partial charge in [0.15, 0.2) is 0 Å². The molecule has 0 aliphatic carbocycles. The Morgan fingerprint density at radius 3 is 2.68 bits per heavy atom. The average molecular weight is 303 g/mol. The Bertz CT molecular complexity index is 493. The van der Waals surface area contributed by atoms with Crippen molar-refractivity contribution in [1.29, 1.82) is 0 Å². The molecule has 0 amide bonds. The number of terminal acetylenes is 1. The number of nitrogens with zero attached hydrogens (tertiary/aromatic N) is 1. The summed E-state index contributed by atoms with van der Waals surface area (Å²) < 4.78 is 5.24. The Labute approximate surface area is 135 Å². The smallest absolute Gasteiger partial charge is 0.107 e. The number of aliphatic hydroxyl groups excluding tert-OH is 1. The van der Waals surface area contributed by atoms with Gasteiger partial charge in [0.25, 0.3) is 0 Å². The standard InChI is InChI=1S/C19H29NO2/c1-6-10-22-14-19(21)13-20(17(5)7-2)12-18-9-8-15(3)11-16(18)4/h1,8-9,11,17,19,21H,7,10,12-14H2,2-5H3. The number of aliphatic hydroxyl groups is 1. The van der Waals surface area contributed by atoms with E-state index in [-0.39, 0.29) is 13.2 Å². The van der Waals surface area contributed by atoms with Gasteiger partial charge in [0.1, 0.15) is 6.61 Å². The van der Waals surface area contributed by atoms with Gasteiger partial charge in [-0.25, -0.2) is 0 Å². The lowest BCUT2D eigenvalue weighted by molar-refractivity contribution is 0.0169. The van der Waals surface area contributed by atoms with E-state index in [1.807, 2.05) is 0 Å². The van der Waals surface area contributed by atoms with Crippen molar-refractivity contribution in [2.24, 2.45) is 0 Å². The molecule has 3 nitrogen and oxygen atoms in total. The van der Waals surface area contributed by atoms with Gasteiger partial charge in [0.2, 0.25) is 0 Å². The van der Waals surface area contributed by atoms with Crippen molar-refractivity contribution in [3.05, 3.63) is 34.9 Å². The van der Waals surface area contributed by atoms with Gasteiger partial charge in [-0.1, -0.05) is 36.6 Å². The van der Waals surface area contributed by atoms with Crippen LogP contribution in [0.4, 0.5) is 0 Å². The molecule has 2 atom stereocenters. The van der Waals surface area contributed by atoms with E-state index < -0.39 is 6.10 Å². The molecule has 2 unspecified atom stereocenters. The minimum absolute atomic E-state index is 0.247. The van der Waals surface area contributed by atoms with Crippen molar-refractivity contribution < 1.29 is 9.84 Å². The third-order valence-corrected chi connectivity index (χ3v) is 4.03. The van der Waals surface area contributed by atoms with Crippen LogP contribution >= 0.6 is 0 Å². The van der Waals surface area contributed by atoms with Gasteiger partial charge in [0, 0.05) is 19.1 Å². The molecule has 0 fully saturated rings. The van der Waals surface area contributed by atoms with E-state index >= 15 is 0 Å². The van der Waals surface area contributed by atoms with Crippen LogP contribution < -0.4 is 0 Å². The Balaban J connectivity index is 2.70. The van der Waals surface area contributed by atoms with Gasteiger partial charge in [-0.15, -0.1) is 6.42 Å². The zero-order chi connectivity index (χ0) is 16.5. The van der Waals surface area contributed by atoms with Crippen LogP contribution in [0.25, 0.3) is 0 Å². The normalized spacial score (nSPS) is 13.9. The number of benzene rings is 1. The fourth-order valence-corrected chi connectivity index (χ4v) is 2.48. The molecular formula is C19H29NO2. The lowest BCUT2D eigenvalue weighted by Gasteiger charge is -2.31. The summed E-state index contributed by atoms with van der Waals surface area (Å²) in [6.07, 6.45) is 5.67. The molecule has 0 aliphatic heterocycles. The van der Waals surface area contributed by atoms with Gasteiger partial charge in [0.05, 0.1) is 12.7 Å². The third kappa shape index (κ3) is 6.19. The SMILES string of the molecule is C#CCOCC(O)CN(Cc1ccc(C)cc1C)C(C)CC. The van der Waals surface area contributed by atoms with E-state index in [1.54, 1.807) is 0 Å². The highest BCUT2D eigenvalue weighted by molar-refractivity contribution is 5.30. The Morgan fingerprint density at radius 1 is 1.36 bits per heavy atom. The lowest BCUT2D eigenvalue weighted by atomic mass is 10.0. The van der Waals surface area contributed by atoms with Gasteiger partial charge < -0.3 is 9.84 Å². The highest BCUT2D eigenvalue weighted by Gasteiger charge is 2.18. The number of ether oxygens (including phenoxy) is 1. The minimum atomic E-state index is -0.520. The van der Waals surface area contributed by atoms with Gasteiger partial charge >= 0.3 is 0 Å². The molecular weight excluding hydrogens is 274 g/mol. The molecule has 0 aliphatic rings. The average Bonchev–Trinajstić information content (AvgIpc) is 2.48. The Morgan fingerprint density at radius 2 is 2.09 bits per heavy atom. The predicted molar refractivity (Wildman–Crippen MR) is 91.7 cm³/mol. The molecule has 0 saturated heterocycles. The van der Waals surface area contributed by atoms with E-state index in [2.05, 4.69) is 56.7 Å². The van der Waals surface area contributed by atoms with Crippen molar-refractivity contribution in [2.75, 3.05) is 19.8 Å². The van der Waals surface area contributed by atoms with Crippen LogP contribution in [-0.2, 0) is 11.3 Å². The summed E-state index contributed by atoms with van der Waals surface area (Å²) in [7, 11) is 0. The summed E-state index contributed by atoms with van der Waals surface area (Å²) in [6.45, 7) is 10.6. The van der Waals surface area contributed by atoms with Crippen LogP contribution in [0, 0.1) is 26.2 Å².